The summed E-state index contributed by atoms with van der Waals surface area (Å²) < 4.78 is 5.40. The Morgan fingerprint density at radius 2 is 2.50 bits per heavy atom. The van der Waals surface area contributed by atoms with E-state index >= 15 is 0 Å². The number of pyridine rings is 1. The van der Waals surface area contributed by atoms with Crippen LogP contribution < -0.4 is 4.90 Å². The topological polar surface area (TPSA) is 45.6 Å². The second kappa shape index (κ2) is 5.48. The van der Waals surface area contributed by atoms with Gasteiger partial charge in [-0.3, -0.25) is 0 Å². The molecule has 1 N–H and O–H groups in total. The van der Waals surface area contributed by atoms with Crippen molar-refractivity contribution in [1.82, 2.24) is 4.98 Å². The molecule has 1 aliphatic rings. The fourth-order valence-electron chi connectivity index (χ4n) is 1.84. The second-order valence-electron chi connectivity index (χ2n) is 3.74. The third-order valence-corrected chi connectivity index (χ3v) is 2.94. The van der Waals surface area contributed by atoms with Crippen molar-refractivity contribution in [3.8, 4) is 0 Å². The van der Waals surface area contributed by atoms with Crippen molar-refractivity contribution in [2.45, 2.75) is 12.0 Å². The Bertz CT molecular complexity index is 349. The van der Waals surface area contributed by atoms with Crippen LogP contribution in [-0.4, -0.2) is 42.5 Å². The number of morpholine rings is 1. The lowest BCUT2D eigenvalue weighted by molar-refractivity contribution is 0.00333. The van der Waals surface area contributed by atoms with Gasteiger partial charge < -0.3 is 14.7 Å². The molecule has 1 aromatic heterocycles. The first kappa shape index (κ1) is 11.6. The summed E-state index contributed by atoms with van der Waals surface area (Å²) in [4.78, 5) is 6.46. The number of hydrogen-bond acceptors (Lipinski definition) is 4. The summed E-state index contributed by atoms with van der Waals surface area (Å²) in [5, 5.41) is 9.08. The van der Waals surface area contributed by atoms with Crippen LogP contribution in [0.4, 0.5) is 5.82 Å². The van der Waals surface area contributed by atoms with E-state index < -0.39 is 0 Å². The van der Waals surface area contributed by atoms with E-state index in [2.05, 4.69) is 9.88 Å². The van der Waals surface area contributed by atoms with Gasteiger partial charge in [0.25, 0.3) is 0 Å². The van der Waals surface area contributed by atoms with Crippen LogP contribution in [0.15, 0.2) is 18.3 Å². The zero-order valence-corrected chi connectivity index (χ0v) is 9.73. The van der Waals surface area contributed by atoms with Gasteiger partial charge in [-0.2, -0.15) is 0 Å². The molecule has 0 aliphatic carbocycles. The van der Waals surface area contributed by atoms with Gasteiger partial charge in [-0.15, -0.1) is 11.6 Å². The molecule has 2 heterocycles. The molecule has 0 bridgehead atoms. The lowest BCUT2D eigenvalue weighted by atomic mass is 10.2. The van der Waals surface area contributed by atoms with Gasteiger partial charge in [0, 0.05) is 24.8 Å². The average Bonchev–Trinajstić information content (AvgIpc) is 2.38. The van der Waals surface area contributed by atoms with E-state index in [1.807, 2.05) is 12.1 Å². The molecule has 1 atom stereocenters. The van der Waals surface area contributed by atoms with E-state index in [0.717, 1.165) is 17.9 Å². The van der Waals surface area contributed by atoms with E-state index in [-0.39, 0.29) is 12.7 Å². The lowest BCUT2D eigenvalue weighted by Crippen LogP contribution is -2.44. The number of halogens is 1. The number of alkyl halides is 1. The van der Waals surface area contributed by atoms with Crippen molar-refractivity contribution in [2.75, 3.05) is 31.2 Å². The molecule has 0 spiro atoms. The monoisotopic (exact) mass is 242 g/mol. The number of aliphatic hydroxyl groups is 1. The van der Waals surface area contributed by atoms with Gasteiger partial charge in [-0.05, 0) is 6.07 Å². The summed E-state index contributed by atoms with van der Waals surface area (Å²) >= 11 is 5.87. The highest BCUT2D eigenvalue weighted by atomic mass is 35.5. The van der Waals surface area contributed by atoms with Gasteiger partial charge in [0.1, 0.15) is 5.82 Å². The number of nitrogens with zero attached hydrogens (tertiary/aromatic N) is 2. The summed E-state index contributed by atoms with van der Waals surface area (Å²) in [5.74, 6) is 1.35. The number of rotatable bonds is 3. The van der Waals surface area contributed by atoms with Gasteiger partial charge in [0.15, 0.2) is 0 Å². The summed E-state index contributed by atoms with van der Waals surface area (Å²) in [7, 11) is 0. The Kier molecular flexibility index (Phi) is 3.98. The van der Waals surface area contributed by atoms with Crippen molar-refractivity contribution in [3.63, 3.8) is 0 Å². The molecular formula is C11H15ClN2O2. The third kappa shape index (κ3) is 2.45. The van der Waals surface area contributed by atoms with Crippen LogP contribution in [0.3, 0.4) is 0 Å². The number of ether oxygens (including phenoxy) is 1. The minimum atomic E-state index is -0.126. The van der Waals surface area contributed by atoms with Crippen LogP contribution in [0.1, 0.15) is 5.56 Å². The van der Waals surface area contributed by atoms with Crippen LogP contribution in [0.5, 0.6) is 0 Å². The van der Waals surface area contributed by atoms with E-state index in [1.165, 1.54) is 0 Å². The van der Waals surface area contributed by atoms with Crippen molar-refractivity contribution >= 4 is 17.4 Å². The molecule has 1 fully saturated rings. The molecule has 1 unspecified atom stereocenters. The summed E-state index contributed by atoms with van der Waals surface area (Å²) in [6.45, 7) is 2.11. The molecule has 88 valence electrons. The van der Waals surface area contributed by atoms with E-state index in [4.69, 9.17) is 21.4 Å². The van der Waals surface area contributed by atoms with Crippen molar-refractivity contribution in [2.24, 2.45) is 0 Å². The standard InChI is InChI=1S/C11H15ClN2O2/c12-6-9-2-1-3-13-11(9)14-4-5-16-10(7-14)8-15/h1-3,10,15H,4-8H2. The SMILES string of the molecule is OCC1CN(c2ncccc2CCl)CCO1. The van der Waals surface area contributed by atoms with E-state index in [9.17, 15) is 0 Å². The van der Waals surface area contributed by atoms with Gasteiger partial charge in [0.05, 0.1) is 25.2 Å². The fraction of sp³-hybridized carbons (Fsp3) is 0.545. The Morgan fingerprint density at radius 1 is 1.62 bits per heavy atom. The maximum Gasteiger partial charge on any atom is 0.133 e. The van der Waals surface area contributed by atoms with Crippen molar-refractivity contribution in [3.05, 3.63) is 23.9 Å². The Labute approximate surface area is 99.8 Å². The summed E-state index contributed by atoms with van der Waals surface area (Å²) in [6, 6.07) is 3.85. The summed E-state index contributed by atoms with van der Waals surface area (Å²) in [6.07, 6.45) is 1.63. The van der Waals surface area contributed by atoms with Crippen LogP contribution in [0, 0.1) is 0 Å². The predicted molar refractivity (Wildman–Crippen MR) is 62.8 cm³/mol. The largest absolute Gasteiger partial charge is 0.394 e. The molecule has 4 nitrogen and oxygen atoms in total. The molecule has 5 heteroatoms. The molecule has 16 heavy (non-hydrogen) atoms. The minimum absolute atomic E-state index is 0.0412. The quantitative estimate of drug-likeness (QED) is 0.804. The number of anilines is 1. The van der Waals surface area contributed by atoms with Gasteiger partial charge >= 0.3 is 0 Å². The molecule has 0 saturated carbocycles. The minimum Gasteiger partial charge on any atom is -0.394 e. The molecule has 1 aromatic rings. The molecule has 0 amide bonds. The Hall–Kier alpha value is -0.840. The molecule has 2 rings (SSSR count). The first-order valence-corrected chi connectivity index (χ1v) is 5.86. The zero-order chi connectivity index (χ0) is 11.4. The number of aliphatic hydroxyl groups excluding tert-OH is 1. The van der Waals surface area contributed by atoms with Gasteiger partial charge in [-0.1, -0.05) is 6.07 Å². The molecule has 1 saturated heterocycles. The highest BCUT2D eigenvalue weighted by Crippen LogP contribution is 2.21. The maximum absolute atomic E-state index is 9.08. The van der Waals surface area contributed by atoms with E-state index in [1.54, 1.807) is 6.20 Å². The van der Waals surface area contributed by atoms with Crippen molar-refractivity contribution in [1.29, 1.82) is 0 Å². The Morgan fingerprint density at radius 3 is 3.25 bits per heavy atom. The number of aromatic nitrogens is 1. The molecule has 1 aliphatic heterocycles. The fourth-order valence-corrected chi connectivity index (χ4v) is 2.05. The predicted octanol–water partition coefficient (Wildman–Crippen LogP) is 1.02. The first-order chi connectivity index (χ1) is 7.85. The highest BCUT2D eigenvalue weighted by molar-refractivity contribution is 6.17. The molecule has 0 radical (unpaired) electrons. The van der Waals surface area contributed by atoms with Crippen LogP contribution in [0.25, 0.3) is 0 Å². The van der Waals surface area contributed by atoms with E-state index in [0.29, 0.717) is 19.0 Å². The third-order valence-electron chi connectivity index (χ3n) is 2.65. The second-order valence-corrected chi connectivity index (χ2v) is 4.01. The van der Waals surface area contributed by atoms with Crippen LogP contribution in [-0.2, 0) is 10.6 Å². The first-order valence-electron chi connectivity index (χ1n) is 5.32. The zero-order valence-electron chi connectivity index (χ0n) is 8.97. The van der Waals surface area contributed by atoms with Gasteiger partial charge in [-0.25, -0.2) is 4.98 Å². The van der Waals surface area contributed by atoms with Crippen LogP contribution >= 0.6 is 11.6 Å². The Balaban J connectivity index is 2.16. The maximum atomic E-state index is 9.08. The van der Waals surface area contributed by atoms with Crippen LogP contribution in [0.2, 0.25) is 0 Å². The molecule has 0 aromatic carbocycles. The normalized spacial score (nSPS) is 21.1. The van der Waals surface area contributed by atoms with Crippen molar-refractivity contribution < 1.29 is 9.84 Å². The lowest BCUT2D eigenvalue weighted by Gasteiger charge is -2.33. The average molecular weight is 243 g/mol. The smallest absolute Gasteiger partial charge is 0.133 e. The number of hydrogen-bond donors (Lipinski definition) is 1. The summed E-state index contributed by atoms with van der Waals surface area (Å²) in [5.41, 5.74) is 1.02. The van der Waals surface area contributed by atoms with Gasteiger partial charge in [0.2, 0.25) is 0 Å². The highest BCUT2D eigenvalue weighted by Gasteiger charge is 2.22. The molecular weight excluding hydrogens is 228 g/mol.